The molecule has 1 amide bonds. The summed E-state index contributed by atoms with van der Waals surface area (Å²) in [7, 11) is 0. The van der Waals surface area contributed by atoms with E-state index in [0.29, 0.717) is 12.1 Å². The molecule has 0 radical (unpaired) electrons. The molecule has 3 aromatic rings. The fourth-order valence-corrected chi connectivity index (χ4v) is 3.31. The summed E-state index contributed by atoms with van der Waals surface area (Å²) >= 11 is 0. The average Bonchev–Trinajstić information content (AvgIpc) is 3.25. The smallest absolute Gasteiger partial charge is 0.257 e. The maximum Gasteiger partial charge on any atom is 0.257 e. The first-order valence-corrected chi connectivity index (χ1v) is 8.84. The number of pyridine rings is 1. The molecule has 0 bridgehead atoms. The fraction of sp³-hybridized carbons (Fsp3) is 0.250. The molecule has 6 heteroatoms. The predicted molar refractivity (Wildman–Crippen MR) is 99.8 cm³/mol. The molecule has 1 atom stereocenters. The van der Waals surface area contributed by atoms with Gasteiger partial charge in [0.25, 0.3) is 5.91 Å². The van der Waals surface area contributed by atoms with Crippen molar-refractivity contribution < 1.29 is 4.79 Å². The van der Waals surface area contributed by atoms with Crippen molar-refractivity contribution in [3.05, 3.63) is 77.2 Å². The number of anilines is 1. The Bertz CT molecular complexity index is 905. The lowest BCUT2D eigenvalue weighted by Gasteiger charge is -2.12. The van der Waals surface area contributed by atoms with Crippen molar-refractivity contribution in [1.82, 2.24) is 20.1 Å². The highest BCUT2D eigenvalue weighted by Crippen LogP contribution is 2.33. The summed E-state index contributed by atoms with van der Waals surface area (Å²) in [5, 5.41) is 11.1. The van der Waals surface area contributed by atoms with E-state index in [1.165, 1.54) is 5.56 Å². The molecule has 26 heavy (non-hydrogen) atoms. The number of carbonyl (C=O) groups is 1. The van der Waals surface area contributed by atoms with Gasteiger partial charge >= 0.3 is 0 Å². The summed E-state index contributed by atoms with van der Waals surface area (Å²) < 4.78 is 1.91. The van der Waals surface area contributed by atoms with Crippen LogP contribution >= 0.6 is 0 Å². The van der Waals surface area contributed by atoms with Crippen LogP contribution in [-0.2, 0) is 19.5 Å². The molecule has 1 aliphatic rings. The van der Waals surface area contributed by atoms with Gasteiger partial charge in [-0.2, -0.15) is 5.10 Å². The first-order valence-electron chi connectivity index (χ1n) is 8.84. The Balaban J connectivity index is 1.55. The quantitative estimate of drug-likeness (QED) is 0.744. The summed E-state index contributed by atoms with van der Waals surface area (Å²) in [6, 6.07) is 14.2. The lowest BCUT2D eigenvalue weighted by atomic mass is 10.1. The number of fused-ring (bicyclic) bond motifs is 1. The molecule has 132 valence electrons. The molecule has 0 unspecified atom stereocenters. The highest BCUT2D eigenvalue weighted by Gasteiger charge is 2.30. The van der Waals surface area contributed by atoms with Gasteiger partial charge in [0.2, 0.25) is 0 Å². The van der Waals surface area contributed by atoms with Crippen molar-refractivity contribution in [2.75, 3.05) is 5.32 Å². The summed E-state index contributed by atoms with van der Waals surface area (Å²) in [6.07, 6.45) is 4.17. The highest BCUT2D eigenvalue weighted by molar-refractivity contribution is 6.00. The second-order valence-electron chi connectivity index (χ2n) is 6.35. The van der Waals surface area contributed by atoms with E-state index in [1.807, 2.05) is 41.9 Å². The van der Waals surface area contributed by atoms with Crippen LogP contribution in [0.25, 0.3) is 0 Å². The Morgan fingerprint density at radius 3 is 2.73 bits per heavy atom. The molecule has 1 aliphatic heterocycles. The van der Waals surface area contributed by atoms with Gasteiger partial charge in [-0.05, 0) is 29.7 Å². The summed E-state index contributed by atoms with van der Waals surface area (Å²) in [5.74, 6) is 0.712. The minimum absolute atomic E-state index is 0.0962. The fourth-order valence-electron chi connectivity index (χ4n) is 3.31. The second kappa shape index (κ2) is 7.00. The van der Waals surface area contributed by atoms with Crippen LogP contribution in [0, 0.1) is 0 Å². The molecule has 4 rings (SSSR count). The monoisotopic (exact) mass is 347 g/mol. The zero-order valence-corrected chi connectivity index (χ0v) is 14.6. The third-order valence-electron chi connectivity index (χ3n) is 4.66. The van der Waals surface area contributed by atoms with Crippen LogP contribution in [0.5, 0.6) is 0 Å². The first kappa shape index (κ1) is 16.3. The Kier molecular flexibility index (Phi) is 4.39. The molecule has 2 N–H and O–H groups in total. The number of rotatable bonds is 5. The van der Waals surface area contributed by atoms with E-state index in [1.54, 1.807) is 12.4 Å². The van der Waals surface area contributed by atoms with E-state index in [9.17, 15) is 4.79 Å². The van der Waals surface area contributed by atoms with Gasteiger partial charge in [0.05, 0.1) is 18.3 Å². The van der Waals surface area contributed by atoms with Gasteiger partial charge in [-0.3, -0.25) is 9.78 Å². The lowest BCUT2D eigenvalue weighted by Crippen LogP contribution is -2.24. The van der Waals surface area contributed by atoms with Gasteiger partial charge in [-0.15, -0.1) is 0 Å². The number of aromatic nitrogens is 3. The van der Waals surface area contributed by atoms with Crippen molar-refractivity contribution in [3.63, 3.8) is 0 Å². The van der Waals surface area contributed by atoms with E-state index < -0.39 is 0 Å². The van der Waals surface area contributed by atoms with Crippen molar-refractivity contribution in [3.8, 4) is 0 Å². The highest BCUT2D eigenvalue weighted by atomic mass is 16.1. The van der Waals surface area contributed by atoms with Crippen LogP contribution in [0.2, 0.25) is 0 Å². The van der Waals surface area contributed by atoms with Gasteiger partial charge in [-0.25, -0.2) is 4.68 Å². The third kappa shape index (κ3) is 3.06. The molecule has 0 spiro atoms. The van der Waals surface area contributed by atoms with Crippen LogP contribution in [-0.4, -0.2) is 20.7 Å². The largest absolute Gasteiger partial charge is 0.361 e. The van der Waals surface area contributed by atoms with E-state index in [2.05, 4.69) is 32.8 Å². The van der Waals surface area contributed by atoms with Gasteiger partial charge in [0.15, 0.2) is 0 Å². The minimum atomic E-state index is -0.0962. The van der Waals surface area contributed by atoms with E-state index in [0.717, 1.165) is 30.0 Å². The lowest BCUT2D eigenvalue weighted by molar-refractivity contribution is 0.0951. The van der Waals surface area contributed by atoms with Crippen molar-refractivity contribution in [1.29, 1.82) is 0 Å². The zero-order valence-electron chi connectivity index (χ0n) is 14.6. The predicted octanol–water partition coefficient (Wildman–Crippen LogP) is 2.94. The molecule has 0 fully saturated rings. The zero-order chi connectivity index (χ0) is 17.9. The molecule has 0 saturated carbocycles. The molecule has 0 saturated heterocycles. The van der Waals surface area contributed by atoms with Crippen molar-refractivity contribution >= 4 is 11.7 Å². The molecule has 6 nitrogen and oxygen atoms in total. The number of amides is 1. The van der Waals surface area contributed by atoms with Crippen LogP contribution in [0.3, 0.4) is 0 Å². The third-order valence-corrected chi connectivity index (χ3v) is 4.66. The first-order chi connectivity index (χ1) is 12.8. The standard InChI is InChI=1S/C20H21N5O/c1-2-16-18(20(26)22-12-14-8-10-21-11-9-14)19-23-17(13-25(19)24-16)15-6-4-3-5-7-15/h3-11,17,23H,2,12-13H2,1H3,(H,22,26)/t17-/m1/s1. The summed E-state index contributed by atoms with van der Waals surface area (Å²) in [6.45, 7) is 3.22. The average molecular weight is 347 g/mol. The van der Waals surface area contributed by atoms with Gasteiger partial charge in [0.1, 0.15) is 11.4 Å². The summed E-state index contributed by atoms with van der Waals surface area (Å²) in [5.41, 5.74) is 3.69. The molecule has 2 aromatic heterocycles. The second-order valence-corrected chi connectivity index (χ2v) is 6.35. The molecular formula is C20H21N5O. The minimum Gasteiger partial charge on any atom is -0.361 e. The maximum absolute atomic E-state index is 12.8. The SMILES string of the molecule is CCc1nn2c(c1C(=O)NCc1ccncc1)N[C@@H](c1ccccc1)C2. The Morgan fingerprint density at radius 1 is 1.23 bits per heavy atom. The molecule has 0 aliphatic carbocycles. The number of hydrogen-bond acceptors (Lipinski definition) is 4. The van der Waals surface area contributed by atoms with E-state index in [4.69, 9.17) is 0 Å². The molecule has 1 aromatic carbocycles. The number of carbonyl (C=O) groups excluding carboxylic acids is 1. The van der Waals surface area contributed by atoms with Crippen LogP contribution in [0.1, 0.15) is 40.1 Å². The van der Waals surface area contributed by atoms with Crippen LogP contribution in [0.4, 0.5) is 5.82 Å². The van der Waals surface area contributed by atoms with Gasteiger partial charge in [0, 0.05) is 18.9 Å². The molecule has 3 heterocycles. The van der Waals surface area contributed by atoms with E-state index >= 15 is 0 Å². The topological polar surface area (TPSA) is 71.8 Å². The number of hydrogen-bond donors (Lipinski definition) is 2. The Labute approximate surface area is 152 Å². The Hall–Kier alpha value is -3.15. The number of benzene rings is 1. The summed E-state index contributed by atoms with van der Waals surface area (Å²) in [4.78, 5) is 16.8. The maximum atomic E-state index is 12.8. The van der Waals surface area contributed by atoms with E-state index in [-0.39, 0.29) is 11.9 Å². The van der Waals surface area contributed by atoms with Crippen molar-refractivity contribution in [2.45, 2.75) is 32.5 Å². The Morgan fingerprint density at radius 2 is 2.00 bits per heavy atom. The van der Waals surface area contributed by atoms with Gasteiger partial charge in [-0.1, -0.05) is 37.3 Å². The van der Waals surface area contributed by atoms with Crippen LogP contribution < -0.4 is 10.6 Å². The van der Waals surface area contributed by atoms with Gasteiger partial charge < -0.3 is 10.6 Å². The van der Waals surface area contributed by atoms with Crippen LogP contribution in [0.15, 0.2) is 54.9 Å². The number of aryl methyl sites for hydroxylation is 1. The number of nitrogens with one attached hydrogen (secondary N) is 2. The number of nitrogens with zero attached hydrogens (tertiary/aromatic N) is 3. The van der Waals surface area contributed by atoms with Crippen molar-refractivity contribution in [2.24, 2.45) is 0 Å². The molecular weight excluding hydrogens is 326 g/mol. The normalized spacial score (nSPS) is 15.3.